The fourth-order valence-corrected chi connectivity index (χ4v) is 0.926. The summed E-state index contributed by atoms with van der Waals surface area (Å²) >= 11 is 0. The van der Waals surface area contributed by atoms with E-state index < -0.39 is 17.8 Å². The van der Waals surface area contributed by atoms with Gasteiger partial charge in [0, 0.05) is 19.2 Å². The van der Waals surface area contributed by atoms with Crippen molar-refractivity contribution >= 4 is 5.91 Å². The molecule has 1 aromatic heterocycles. The number of hydrazine groups is 1. The summed E-state index contributed by atoms with van der Waals surface area (Å²) < 4.78 is 37.3. The van der Waals surface area contributed by atoms with E-state index in [9.17, 15) is 18.0 Å². The van der Waals surface area contributed by atoms with Gasteiger partial charge in [0.2, 0.25) is 5.91 Å². The van der Waals surface area contributed by atoms with Crippen LogP contribution in [0.2, 0.25) is 0 Å². The topological polar surface area (TPSA) is 72.9 Å². The number of halogens is 3. The molecule has 0 saturated carbocycles. The number of carbonyl (C=O) groups excluding carboxylic acids is 1. The first-order valence-corrected chi connectivity index (χ1v) is 4.03. The summed E-state index contributed by atoms with van der Waals surface area (Å²) in [6.07, 6.45) is -3.32. The maximum atomic E-state index is 12.1. The van der Waals surface area contributed by atoms with Crippen LogP contribution in [0.1, 0.15) is 12.1 Å². The van der Waals surface area contributed by atoms with Crippen LogP contribution in [-0.2, 0) is 17.5 Å². The molecule has 8 heteroatoms. The molecule has 0 aromatic carbocycles. The fourth-order valence-electron chi connectivity index (χ4n) is 0.926. The summed E-state index contributed by atoms with van der Waals surface area (Å²) in [4.78, 5) is 10.7. The summed E-state index contributed by atoms with van der Waals surface area (Å²) in [6.45, 7) is 0.0547. The number of amides is 1. The molecule has 0 fully saturated rings. The highest BCUT2D eigenvalue weighted by molar-refractivity contribution is 5.74. The van der Waals surface area contributed by atoms with Gasteiger partial charge in [0.1, 0.15) is 0 Å². The molecule has 0 saturated heterocycles. The first-order valence-electron chi connectivity index (χ1n) is 4.03. The third-order valence-electron chi connectivity index (χ3n) is 1.66. The zero-order valence-electron chi connectivity index (χ0n) is 7.58. The second-order valence-corrected chi connectivity index (χ2v) is 2.78. The Hall–Kier alpha value is -1.57. The largest absolute Gasteiger partial charge is 0.435 e. The Bertz CT molecular complexity index is 346. The highest BCUT2D eigenvalue weighted by Crippen LogP contribution is 2.27. The van der Waals surface area contributed by atoms with Gasteiger partial charge in [-0.3, -0.25) is 14.9 Å². The molecule has 0 unspecified atom stereocenters. The minimum Gasteiger partial charge on any atom is -0.294 e. The number of rotatable bonds is 3. The van der Waals surface area contributed by atoms with Gasteiger partial charge in [-0.05, 0) is 6.07 Å². The van der Waals surface area contributed by atoms with E-state index >= 15 is 0 Å². The third-order valence-corrected chi connectivity index (χ3v) is 1.66. The number of nitrogens with two attached hydrogens (primary N) is 1. The summed E-state index contributed by atoms with van der Waals surface area (Å²) in [5.74, 6) is 4.34. The second-order valence-electron chi connectivity index (χ2n) is 2.78. The Labute approximate surface area is 83.0 Å². The van der Waals surface area contributed by atoms with Crippen LogP contribution in [0.3, 0.4) is 0 Å². The molecule has 1 aromatic rings. The van der Waals surface area contributed by atoms with Crippen LogP contribution in [0, 0.1) is 0 Å². The minimum atomic E-state index is -4.46. The summed E-state index contributed by atoms with van der Waals surface area (Å²) in [6, 6.07) is 0.848. The van der Waals surface area contributed by atoms with Crippen LogP contribution in [0.4, 0.5) is 13.2 Å². The van der Waals surface area contributed by atoms with E-state index in [-0.39, 0.29) is 13.0 Å². The number of alkyl halides is 3. The SMILES string of the molecule is NNC(=O)CCn1ccc(C(F)(F)F)n1. The van der Waals surface area contributed by atoms with Crippen LogP contribution < -0.4 is 11.3 Å². The van der Waals surface area contributed by atoms with Gasteiger partial charge in [0.15, 0.2) is 5.69 Å². The molecule has 15 heavy (non-hydrogen) atoms. The average molecular weight is 222 g/mol. The summed E-state index contributed by atoms with van der Waals surface area (Å²) in [7, 11) is 0. The molecule has 84 valence electrons. The Morgan fingerprint density at radius 1 is 1.60 bits per heavy atom. The van der Waals surface area contributed by atoms with Crippen molar-refractivity contribution < 1.29 is 18.0 Å². The molecule has 1 heterocycles. The Kier molecular flexibility index (Phi) is 3.30. The lowest BCUT2D eigenvalue weighted by Gasteiger charge is -2.02. The average Bonchev–Trinajstić information content (AvgIpc) is 2.61. The lowest BCUT2D eigenvalue weighted by Crippen LogP contribution is -2.30. The molecule has 0 atom stereocenters. The van der Waals surface area contributed by atoms with Gasteiger partial charge in [-0.15, -0.1) is 0 Å². The molecule has 1 amide bonds. The van der Waals surface area contributed by atoms with Crippen LogP contribution >= 0.6 is 0 Å². The van der Waals surface area contributed by atoms with E-state index in [2.05, 4.69) is 5.10 Å². The van der Waals surface area contributed by atoms with Crippen molar-refractivity contribution in [3.05, 3.63) is 18.0 Å². The van der Waals surface area contributed by atoms with Gasteiger partial charge in [0.05, 0.1) is 0 Å². The fraction of sp³-hybridized carbons (Fsp3) is 0.429. The smallest absolute Gasteiger partial charge is 0.294 e. The van der Waals surface area contributed by atoms with E-state index in [0.717, 1.165) is 16.9 Å². The lowest BCUT2D eigenvalue weighted by atomic mass is 10.4. The number of aryl methyl sites for hydroxylation is 1. The zero-order valence-corrected chi connectivity index (χ0v) is 7.58. The van der Waals surface area contributed by atoms with Gasteiger partial charge < -0.3 is 0 Å². The van der Waals surface area contributed by atoms with Crippen molar-refractivity contribution in [2.24, 2.45) is 5.84 Å². The Morgan fingerprint density at radius 2 is 2.27 bits per heavy atom. The first-order chi connectivity index (χ1) is 6.93. The molecule has 0 radical (unpaired) electrons. The molecular weight excluding hydrogens is 213 g/mol. The van der Waals surface area contributed by atoms with Gasteiger partial charge >= 0.3 is 6.18 Å². The van der Waals surface area contributed by atoms with Crippen molar-refractivity contribution in [1.29, 1.82) is 0 Å². The molecule has 0 aliphatic rings. The predicted molar refractivity (Wildman–Crippen MR) is 44.2 cm³/mol. The van der Waals surface area contributed by atoms with Crippen molar-refractivity contribution in [1.82, 2.24) is 15.2 Å². The molecule has 3 N–H and O–H groups in total. The minimum absolute atomic E-state index is 0.0184. The van der Waals surface area contributed by atoms with E-state index in [1.54, 1.807) is 0 Å². The highest BCUT2D eigenvalue weighted by atomic mass is 19.4. The predicted octanol–water partition coefficient (Wildman–Crippen LogP) is 0.282. The molecule has 0 bridgehead atoms. The number of hydrogen-bond donors (Lipinski definition) is 2. The molecule has 1 rings (SSSR count). The monoisotopic (exact) mass is 222 g/mol. The quantitative estimate of drug-likeness (QED) is 0.438. The Morgan fingerprint density at radius 3 is 2.73 bits per heavy atom. The van der Waals surface area contributed by atoms with Crippen molar-refractivity contribution in [2.45, 2.75) is 19.1 Å². The van der Waals surface area contributed by atoms with Gasteiger partial charge in [0.25, 0.3) is 0 Å². The summed E-state index contributed by atoms with van der Waals surface area (Å²) in [5, 5.41) is 3.26. The van der Waals surface area contributed by atoms with Crippen molar-refractivity contribution in [2.75, 3.05) is 0 Å². The lowest BCUT2D eigenvalue weighted by molar-refractivity contribution is -0.141. The molecule has 0 spiro atoms. The molecule has 5 nitrogen and oxygen atoms in total. The number of nitrogens with zero attached hydrogens (tertiary/aromatic N) is 2. The standard InChI is InChI=1S/C7H9F3N4O/c8-7(9,10)5-1-3-14(13-5)4-2-6(15)12-11/h1,3H,2,4,11H2,(H,12,15). The van der Waals surface area contributed by atoms with E-state index in [1.165, 1.54) is 0 Å². The van der Waals surface area contributed by atoms with Crippen LogP contribution in [0.25, 0.3) is 0 Å². The van der Waals surface area contributed by atoms with E-state index in [1.807, 2.05) is 5.43 Å². The number of nitrogens with one attached hydrogen (secondary N) is 1. The maximum Gasteiger partial charge on any atom is 0.435 e. The molecular formula is C7H9F3N4O. The number of aromatic nitrogens is 2. The normalized spacial score (nSPS) is 11.5. The third kappa shape index (κ3) is 3.24. The van der Waals surface area contributed by atoms with Gasteiger partial charge in [-0.25, -0.2) is 5.84 Å². The Balaban J connectivity index is 2.58. The van der Waals surface area contributed by atoms with Crippen LogP contribution in [0.15, 0.2) is 12.3 Å². The van der Waals surface area contributed by atoms with E-state index in [0.29, 0.717) is 0 Å². The van der Waals surface area contributed by atoms with Crippen molar-refractivity contribution in [3.8, 4) is 0 Å². The number of carbonyl (C=O) groups is 1. The molecule has 0 aliphatic heterocycles. The van der Waals surface area contributed by atoms with Crippen LogP contribution in [0.5, 0.6) is 0 Å². The summed E-state index contributed by atoms with van der Waals surface area (Å²) in [5.41, 5.74) is 0.894. The second kappa shape index (κ2) is 4.30. The van der Waals surface area contributed by atoms with Crippen molar-refractivity contribution in [3.63, 3.8) is 0 Å². The van der Waals surface area contributed by atoms with Gasteiger partial charge in [-0.1, -0.05) is 0 Å². The zero-order chi connectivity index (χ0) is 11.5. The number of hydrogen-bond acceptors (Lipinski definition) is 3. The van der Waals surface area contributed by atoms with E-state index in [4.69, 9.17) is 5.84 Å². The first kappa shape index (κ1) is 11.5. The molecule has 0 aliphatic carbocycles. The van der Waals surface area contributed by atoms with Gasteiger partial charge in [-0.2, -0.15) is 18.3 Å². The maximum absolute atomic E-state index is 12.1. The highest BCUT2D eigenvalue weighted by Gasteiger charge is 2.33. The van der Waals surface area contributed by atoms with Crippen LogP contribution in [-0.4, -0.2) is 15.7 Å².